The van der Waals surface area contributed by atoms with Crippen molar-refractivity contribution in [2.24, 2.45) is 5.14 Å². The van der Waals surface area contributed by atoms with Gasteiger partial charge in [0, 0.05) is 17.8 Å². The lowest BCUT2D eigenvalue weighted by molar-refractivity contribution is -0.115. The van der Waals surface area contributed by atoms with E-state index in [0.29, 0.717) is 11.3 Å². The lowest BCUT2D eigenvalue weighted by atomic mass is 10.1. The Hall–Kier alpha value is -3.49. The second-order valence-corrected chi connectivity index (χ2v) is 8.22. The van der Waals surface area contributed by atoms with Crippen LogP contribution < -0.4 is 15.8 Å². The highest BCUT2D eigenvalue weighted by molar-refractivity contribution is 7.89. The number of nitrogens with two attached hydrogens (primary N) is 1. The van der Waals surface area contributed by atoms with Gasteiger partial charge in [-0.15, -0.1) is 0 Å². The highest BCUT2D eigenvalue weighted by Gasteiger charge is 2.09. The van der Waals surface area contributed by atoms with E-state index in [-0.39, 0.29) is 29.7 Å². The van der Waals surface area contributed by atoms with Crippen LogP contribution in [0, 0.1) is 0 Å². The highest BCUT2D eigenvalue weighted by Crippen LogP contribution is 2.12. The van der Waals surface area contributed by atoms with Gasteiger partial charge in [-0.25, -0.2) is 13.6 Å². The molecular weight excluding hydrogens is 402 g/mol. The summed E-state index contributed by atoms with van der Waals surface area (Å²) in [5.41, 5.74) is 2.70. The standard InChI is InChI=1S/C22H21N3O4S/c23-30(28,29)20-12-6-17(7-13-20)15-24-22(27)18-8-10-19(11-9-18)25-21(26)14-16-4-2-1-3-5-16/h1-13H,14-15H2,(H,24,27)(H,25,26)(H2,23,28,29). The van der Waals surface area contributed by atoms with Crippen molar-refractivity contribution in [1.29, 1.82) is 0 Å². The number of carbonyl (C=O) groups is 2. The molecular formula is C22H21N3O4S. The van der Waals surface area contributed by atoms with Crippen molar-refractivity contribution in [1.82, 2.24) is 5.32 Å². The fourth-order valence-corrected chi connectivity index (χ4v) is 3.29. The average molecular weight is 423 g/mol. The van der Waals surface area contributed by atoms with Gasteiger partial charge in [-0.2, -0.15) is 0 Å². The van der Waals surface area contributed by atoms with Crippen molar-refractivity contribution in [2.45, 2.75) is 17.9 Å². The summed E-state index contributed by atoms with van der Waals surface area (Å²) in [6.07, 6.45) is 0.271. The Morgan fingerprint density at radius 3 is 2.03 bits per heavy atom. The van der Waals surface area contributed by atoms with Crippen molar-refractivity contribution < 1.29 is 18.0 Å². The molecule has 3 aromatic carbocycles. The summed E-state index contributed by atoms with van der Waals surface area (Å²) >= 11 is 0. The molecule has 0 saturated heterocycles. The first-order valence-corrected chi connectivity index (χ1v) is 10.7. The molecule has 8 heteroatoms. The maximum absolute atomic E-state index is 12.3. The molecule has 0 aliphatic carbocycles. The molecule has 0 spiro atoms. The third kappa shape index (κ3) is 6.00. The summed E-state index contributed by atoms with van der Waals surface area (Å²) in [4.78, 5) is 24.4. The molecule has 3 aromatic rings. The molecule has 0 atom stereocenters. The van der Waals surface area contributed by atoms with Gasteiger partial charge in [0.25, 0.3) is 5.91 Å². The maximum Gasteiger partial charge on any atom is 0.251 e. The van der Waals surface area contributed by atoms with Gasteiger partial charge < -0.3 is 10.6 Å². The predicted molar refractivity (Wildman–Crippen MR) is 114 cm³/mol. The number of benzene rings is 3. The zero-order chi connectivity index (χ0) is 21.6. The molecule has 0 unspecified atom stereocenters. The summed E-state index contributed by atoms with van der Waals surface area (Å²) in [5.74, 6) is -0.422. The van der Waals surface area contributed by atoms with Crippen LogP contribution in [0.15, 0.2) is 83.8 Å². The van der Waals surface area contributed by atoms with E-state index in [9.17, 15) is 18.0 Å². The topological polar surface area (TPSA) is 118 Å². The van der Waals surface area contributed by atoms with E-state index in [4.69, 9.17) is 5.14 Å². The third-order valence-electron chi connectivity index (χ3n) is 4.34. The molecule has 3 rings (SSSR count). The van der Waals surface area contributed by atoms with Gasteiger partial charge in [0.05, 0.1) is 11.3 Å². The van der Waals surface area contributed by atoms with E-state index in [1.165, 1.54) is 12.1 Å². The summed E-state index contributed by atoms with van der Waals surface area (Å²) in [5, 5.41) is 10.6. The van der Waals surface area contributed by atoms with Crippen molar-refractivity contribution in [3.8, 4) is 0 Å². The second kappa shape index (κ2) is 9.34. The van der Waals surface area contributed by atoms with Gasteiger partial charge in [-0.1, -0.05) is 42.5 Å². The first-order valence-electron chi connectivity index (χ1n) is 9.15. The second-order valence-electron chi connectivity index (χ2n) is 6.66. The Bertz CT molecular complexity index is 1130. The Labute approximate surface area is 175 Å². The van der Waals surface area contributed by atoms with E-state index in [1.807, 2.05) is 30.3 Å². The van der Waals surface area contributed by atoms with E-state index in [0.717, 1.165) is 11.1 Å². The molecule has 0 aliphatic rings. The van der Waals surface area contributed by atoms with Gasteiger partial charge in [-0.3, -0.25) is 9.59 Å². The smallest absolute Gasteiger partial charge is 0.251 e. The number of primary sulfonamides is 1. The zero-order valence-corrected chi connectivity index (χ0v) is 16.9. The van der Waals surface area contributed by atoms with Crippen LogP contribution in [0.1, 0.15) is 21.5 Å². The van der Waals surface area contributed by atoms with Crippen LogP contribution in [-0.4, -0.2) is 20.2 Å². The van der Waals surface area contributed by atoms with Gasteiger partial charge in [0.2, 0.25) is 15.9 Å². The monoisotopic (exact) mass is 423 g/mol. The van der Waals surface area contributed by atoms with Crippen LogP contribution in [0.2, 0.25) is 0 Å². The molecule has 0 heterocycles. The molecule has 2 amide bonds. The number of anilines is 1. The number of hydrogen-bond donors (Lipinski definition) is 3. The fourth-order valence-electron chi connectivity index (χ4n) is 2.77. The van der Waals surface area contributed by atoms with E-state index < -0.39 is 10.0 Å². The molecule has 0 fully saturated rings. The van der Waals surface area contributed by atoms with Crippen molar-refractivity contribution in [2.75, 3.05) is 5.32 Å². The van der Waals surface area contributed by atoms with Crippen molar-refractivity contribution >= 4 is 27.5 Å². The Kier molecular flexibility index (Phi) is 6.61. The summed E-state index contributed by atoms with van der Waals surface area (Å²) in [7, 11) is -3.74. The van der Waals surface area contributed by atoms with Crippen LogP contribution >= 0.6 is 0 Å². The number of amides is 2. The van der Waals surface area contributed by atoms with Gasteiger partial charge in [0.1, 0.15) is 0 Å². The van der Waals surface area contributed by atoms with Crippen LogP contribution in [0.25, 0.3) is 0 Å². The van der Waals surface area contributed by atoms with E-state index >= 15 is 0 Å². The number of rotatable bonds is 7. The highest BCUT2D eigenvalue weighted by atomic mass is 32.2. The minimum absolute atomic E-state index is 0.0162. The largest absolute Gasteiger partial charge is 0.348 e. The number of sulfonamides is 1. The first-order chi connectivity index (χ1) is 14.3. The van der Waals surface area contributed by atoms with Crippen LogP contribution in [0.3, 0.4) is 0 Å². The normalized spacial score (nSPS) is 11.0. The number of nitrogens with one attached hydrogen (secondary N) is 2. The fraction of sp³-hybridized carbons (Fsp3) is 0.0909. The zero-order valence-electron chi connectivity index (χ0n) is 16.0. The summed E-state index contributed by atoms with van der Waals surface area (Å²) in [6, 6.07) is 22.0. The summed E-state index contributed by atoms with van der Waals surface area (Å²) in [6.45, 7) is 0.235. The van der Waals surface area contributed by atoms with Crippen LogP contribution in [-0.2, 0) is 27.8 Å². The molecule has 154 valence electrons. The number of carbonyl (C=O) groups excluding carboxylic acids is 2. The van der Waals surface area contributed by atoms with Crippen molar-refractivity contribution in [3.63, 3.8) is 0 Å². The SMILES string of the molecule is NS(=O)(=O)c1ccc(CNC(=O)c2ccc(NC(=O)Cc3ccccc3)cc2)cc1. The number of hydrogen-bond acceptors (Lipinski definition) is 4. The molecule has 0 aromatic heterocycles. The quantitative estimate of drug-likeness (QED) is 0.541. The van der Waals surface area contributed by atoms with Gasteiger partial charge in [-0.05, 0) is 47.5 Å². The minimum Gasteiger partial charge on any atom is -0.348 e. The van der Waals surface area contributed by atoms with E-state index in [1.54, 1.807) is 36.4 Å². The molecule has 30 heavy (non-hydrogen) atoms. The first kappa shape index (κ1) is 21.2. The average Bonchev–Trinajstić information content (AvgIpc) is 2.73. The molecule has 0 aliphatic heterocycles. The summed E-state index contributed by atoms with van der Waals surface area (Å²) < 4.78 is 22.5. The Morgan fingerprint density at radius 1 is 0.800 bits per heavy atom. The Morgan fingerprint density at radius 2 is 1.43 bits per heavy atom. The Balaban J connectivity index is 1.52. The van der Waals surface area contributed by atoms with Crippen molar-refractivity contribution in [3.05, 3.63) is 95.6 Å². The molecule has 0 radical (unpaired) electrons. The lowest BCUT2D eigenvalue weighted by Gasteiger charge is -2.08. The van der Waals surface area contributed by atoms with E-state index in [2.05, 4.69) is 10.6 Å². The molecule has 0 bridgehead atoms. The lowest BCUT2D eigenvalue weighted by Crippen LogP contribution is -2.23. The maximum atomic E-state index is 12.3. The van der Waals surface area contributed by atoms with Gasteiger partial charge in [0.15, 0.2) is 0 Å². The molecule has 0 saturated carbocycles. The predicted octanol–water partition coefficient (Wildman–Crippen LogP) is 2.45. The molecule has 7 nitrogen and oxygen atoms in total. The third-order valence-corrected chi connectivity index (χ3v) is 5.27. The van der Waals surface area contributed by atoms with Crippen LogP contribution in [0.5, 0.6) is 0 Å². The van der Waals surface area contributed by atoms with Crippen LogP contribution in [0.4, 0.5) is 5.69 Å². The molecule has 4 N–H and O–H groups in total. The van der Waals surface area contributed by atoms with Gasteiger partial charge >= 0.3 is 0 Å². The minimum atomic E-state index is -3.74.